The molecule has 2 amide bonds. The fourth-order valence-electron chi connectivity index (χ4n) is 4.98. The molecule has 0 aromatic carbocycles. The zero-order valence-corrected chi connectivity index (χ0v) is 22.8. The maximum absolute atomic E-state index is 13.9. The molecule has 0 fully saturated rings. The third kappa shape index (κ3) is 6.39. The van der Waals surface area contributed by atoms with Crippen molar-refractivity contribution < 1.29 is 29.7 Å². The summed E-state index contributed by atoms with van der Waals surface area (Å²) in [6.45, 7) is -2.20. The van der Waals surface area contributed by atoms with Gasteiger partial charge in [-0.05, 0) is 68.1 Å². The second-order valence-electron chi connectivity index (χ2n) is 10.3. The van der Waals surface area contributed by atoms with Crippen LogP contribution < -0.4 is 16.4 Å². The molecule has 13 heteroatoms. The molecule has 13 nitrogen and oxygen atoms in total. The zero-order chi connectivity index (χ0) is 29.8. The fraction of sp³-hybridized carbons (Fsp3) is 0.345. The van der Waals surface area contributed by atoms with E-state index in [4.69, 9.17) is 20.8 Å². The quantitative estimate of drug-likeness (QED) is 0.152. The van der Waals surface area contributed by atoms with Crippen molar-refractivity contribution >= 4 is 39.7 Å². The molecule has 220 valence electrons. The van der Waals surface area contributed by atoms with Gasteiger partial charge in [-0.1, -0.05) is 0 Å². The number of hydrogen-bond acceptors (Lipinski definition) is 9. The average molecular weight is 576 g/mol. The van der Waals surface area contributed by atoms with Gasteiger partial charge in [-0.25, -0.2) is 0 Å². The smallest absolute Gasteiger partial charge is 0.245 e. The van der Waals surface area contributed by atoms with Crippen LogP contribution in [0.3, 0.4) is 0 Å². The Labute approximate surface area is 240 Å². The van der Waals surface area contributed by atoms with Crippen LogP contribution in [0.5, 0.6) is 0 Å². The number of ketones is 1. The van der Waals surface area contributed by atoms with Gasteiger partial charge in [0.05, 0.1) is 36.6 Å². The Balaban J connectivity index is 1.56. The number of H-pyrrole nitrogens is 2. The van der Waals surface area contributed by atoms with Crippen LogP contribution in [0, 0.1) is 0 Å². The molecule has 0 saturated heterocycles. The lowest BCUT2D eigenvalue weighted by atomic mass is 10.0. The molecule has 3 aromatic heterocycles. The van der Waals surface area contributed by atoms with E-state index in [1.807, 2.05) is 36.4 Å². The normalized spacial score (nSPS) is 15.0. The molecule has 2 aliphatic heterocycles. The van der Waals surface area contributed by atoms with Gasteiger partial charge in [-0.2, -0.15) is 0 Å². The lowest BCUT2D eigenvalue weighted by molar-refractivity contribution is -0.131. The Morgan fingerprint density at radius 3 is 1.90 bits per heavy atom. The fourth-order valence-corrected chi connectivity index (χ4v) is 4.98. The van der Waals surface area contributed by atoms with E-state index in [1.165, 1.54) is 0 Å². The number of aryl methyl sites for hydroxylation is 4. The van der Waals surface area contributed by atoms with Gasteiger partial charge in [0, 0.05) is 33.6 Å². The van der Waals surface area contributed by atoms with Crippen LogP contribution in [-0.2, 0) is 35.3 Å². The van der Waals surface area contributed by atoms with Crippen LogP contribution in [0.15, 0.2) is 42.5 Å². The molecule has 0 unspecified atom stereocenters. The van der Waals surface area contributed by atoms with E-state index in [0.29, 0.717) is 24.1 Å². The molecule has 0 radical (unpaired) electrons. The third-order valence-corrected chi connectivity index (χ3v) is 7.20. The Morgan fingerprint density at radius 2 is 1.29 bits per heavy atom. The van der Waals surface area contributed by atoms with Crippen molar-refractivity contribution in [3.05, 3.63) is 70.8 Å². The minimum Gasteiger partial charge on any atom is -0.394 e. The summed E-state index contributed by atoms with van der Waals surface area (Å²) in [6, 6.07) is 9.18. The molecule has 0 saturated carbocycles. The number of hydrogen-bond donors (Lipinski definition) is 8. The van der Waals surface area contributed by atoms with Gasteiger partial charge in [-0.3, -0.25) is 24.4 Å². The van der Waals surface area contributed by atoms with Gasteiger partial charge in [0.15, 0.2) is 5.78 Å². The first-order valence-corrected chi connectivity index (χ1v) is 13.7. The number of carbonyl (C=O) groups excluding carboxylic acids is 3. The van der Waals surface area contributed by atoms with Gasteiger partial charge in [0.2, 0.25) is 11.8 Å². The standard InChI is InChI=1S/C29H33N7O6/c30-21(12-37)28(41)36-25(14-39)29(42)35-24(13-38)27(40)26-22-7-5-19(33-22)10-17-3-1-15(31-17)9-16-2-4-18(32-16)11-20-6-8-23(26)34-20/h1,3,6,8-11,21,24-25,31,34,37-39H,2,4-5,7,12-14,30H2,(H,35,42)(H,36,41)/t21-,24-,25-/m0/s1. The predicted octanol–water partition coefficient (Wildman–Crippen LogP) is -0.658. The summed E-state index contributed by atoms with van der Waals surface area (Å²) < 4.78 is 0. The summed E-state index contributed by atoms with van der Waals surface area (Å²) in [5, 5.41) is 33.6. The number of rotatable bonds is 9. The summed E-state index contributed by atoms with van der Waals surface area (Å²) in [4.78, 5) is 55.0. The minimum atomic E-state index is -1.46. The van der Waals surface area contributed by atoms with Gasteiger partial charge in [-0.15, -0.1) is 0 Å². The van der Waals surface area contributed by atoms with Crippen molar-refractivity contribution in [2.75, 3.05) is 19.8 Å². The van der Waals surface area contributed by atoms with E-state index in [2.05, 4.69) is 20.6 Å². The second kappa shape index (κ2) is 12.6. The highest BCUT2D eigenvalue weighted by atomic mass is 16.3. The first-order valence-electron chi connectivity index (χ1n) is 13.7. The molecule has 8 bridgehead atoms. The Morgan fingerprint density at radius 1 is 0.738 bits per heavy atom. The maximum Gasteiger partial charge on any atom is 0.245 e. The van der Waals surface area contributed by atoms with E-state index in [1.54, 1.807) is 6.07 Å². The van der Waals surface area contributed by atoms with Gasteiger partial charge in [0.1, 0.15) is 18.1 Å². The zero-order valence-electron chi connectivity index (χ0n) is 22.8. The summed E-state index contributed by atoms with van der Waals surface area (Å²) in [6.07, 6.45) is 2.60. The van der Waals surface area contributed by atoms with Crippen molar-refractivity contribution in [3.63, 3.8) is 0 Å². The Bertz CT molecular complexity index is 1660. The number of nitrogens with zero attached hydrogens (tertiary/aromatic N) is 2. The van der Waals surface area contributed by atoms with Gasteiger partial charge >= 0.3 is 0 Å². The van der Waals surface area contributed by atoms with Crippen LogP contribution in [-0.4, -0.2) is 90.8 Å². The van der Waals surface area contributed by atoms with Crippen LogP contribution in [0.25, 0.3) is 22.1 Å². The van der Waals surface area contributed by atoms with Crippen LogP contribution in [0.4, 0.5) is 0 Å². The molecule has 2 aliphatic rings. The highest BCUT2D eigenvalue weighted by Crippen LogP contribution is 2.22. The number of aliphatic hydroxyl groups excluding tert-OH is 3. The summed E-state index contributed by atoms with van der Waals surface area (Å²) in [5.41, 5.74) is 11.8. The first-order chi connectivity index (χ1) is 20.3. The van der Waals surface area contributed by atoms with E-state index < -0.39 is 55.5 Å². The summed E-state index contributed by atoms with van der Waals surface area (Å²) in [7, 11) is 0. The van der Waals surface area contributed by atoms with Crippen LogP contribution >= 0.6 is 0 Å². The number of aromatic amines is 2. The van der Waals surface area contributed by atoms with Crippen molar-refractivity contribution in [3.8, 4) is 0 Å². The lowest BCUT2D eigenvalue weighted by Gasteiger charge is -2.21. The molecular weight excluding hydrogens is 542 g/mol. The van der Waals surface area contributed by atoms with E-state index in [-0.39, 0.29) is 5.56 Å². The highest BCUT2D eigenvalue weighted by molar-refractivity contribution is 6.08. The number of Topliss-reactive ketones (excluding diaryl/α,β-unsaturated/α-hetero) is 1. The Kier molecular flexibility index (Phi) is 8.73. The second-order valence-corrected chi connectivity index (χ2v) is 10.3. The molecular formula is C29H33N7O6. The number of nitrogens with one attached hydrogen (secondary N) is 4. The number of amides is 2. The van der Waals surface area contributed by atoms with Crippen molar-refractivity contribution in [2.45, 2.75) is 43.8 Å². The van der Waals surface area contributed by atoms with Crippen LogP contribution in [0.1, 0.15) is 33.1 Å². The predicted molar refractivity (Wildman–Crippen MR) is 153 cm³/mol. The van der Waals surface area contributed by atoms with Gasteiger partial charge in [0.25, 0.3) is 0 Å². The number of carbonyl (C=O) groups is 3. The number of fused-ring (bicyclic) bond motifs is 8. The molecule has 5 rings (SSSR count). The van der Waals surface area contributed by atoms with E-state index in [9.17, 15) is 24.6 Å². The van der Waals surface area contributed by atoms with Gasteiger partial charge < -0.3 is 41.7 Å². The molecule has 9 N–H and O–H groups in total. The molecule has 0 aliphatic carbocycles. The van der Waals surface area contributed by atoms with Crippen LogP contribution in [0.2, 0.25) is 0 Å². The highest BCUT2D eigenvalue weighted by Gasteiger charge is 2.30. The maximum atomic E-state index is 13.9. The van der Waals surface area contributed by atoms with Crippen molar-refractivity contribution in [1.82, 2.24) is 30.6 Å². The number of nitrogens with two attached hydrogens (primary N) is 1. The largest absolute Gasteiger partial charge is 0.394 e. The van der Waals surface area contributed by atoms with E-state index in [0.717, 1.165) is 46.5 Å². The molecule has 0 spiro atoms. The topological polar surface area (TPSA) is 219 Å². The Hall–Kier alpha value is -4.43. The molecule has 5 heterocycles. The van der Waals surface area contributed by atoms with Crippen molar-refractivity contribution in [2.24, 2.45) is 5.73 Å². The SMILES string of the molecule is N[C@@H](CO)C(=O)N[C@@H](CO)C(=O)N[C@@H](CO)C(=O)c1c2nc(cc3ccc(cc4nc(cc5ccc1[nH]5)CC4)[nH]3)CC2. The average Bonchev–Trinajstić information content (AvgIpc) is 3.80. The summed E-state index contributed by atoms with van der Waals surface area (Å²) in [5.74, 6) is -2.36. The van der Waals surface area contributed by atoms with E-state index >= 15 is 0 Å². The van der Waals surface area contributed by atoms with Crippen molar-refractivity contribution in [1.29, 1.82) is 0 Å². The monoisotopic (exact) mass is 575 g/mol. The molecule has 3 atom stereocenters. The lowest BCUT2D eigenvalue weighted by Crippen LogP contribution is -2.57. The third-order valence-electron chi connectivity index (χ3n) is 7.20. The molecule has 42 heavy (non-hydrogen) atoms. The minimum absolute atomic E-state index is 0.206. The summed E-state index contributed by atoms with van der Waals surface area (Å²) >= 11 is 0. The first kappa shape index (κ1) is 29.1. The number of aliphatic hydroxyl groups is 3. The number of aromatic nitrogens is 4. The molecule has 3 aromatic rings.